The maximum absolute atomic E-state index is 12.4. The maximum atomic E-state index is 12.4. The van der Waals surface area contributed by atoms with E-state index < -0.39 is 6.04 Å². The van der Waals surface area contributed by atoms with E-state index in [-0.39, 0.29) is 5.91 Å². The fraction of sp³-hybridized carbons (Fsp3) is 0.429. The van der Waals surface area contributed by atoms with Gasteiger partial charge in [-0.2, -0.15) is 0 Å². The number of rotatable bonds is 13. The molecule has 1 aromatic carbocycles. The average molecular weight is 373 g/mol. The predicted octanol–water partition coefficient (Wildman–Crippen LogP) is 3.09. The van der Waals surface area contributed by atoms with Crippen molar-refractivity contribution in [3.8, 4) is 5.75 Å². The molecule has 0 spiro atoms. The molecule has 0 heterocycles. The SMILES string of the molecule is C=CN(/C=C\C)CCCN(C)C(C(=O)NC=O)c1ccc(OCCC)cc1. The van der Waals surface area contributed by atoms with Crippen LogP contribution in [0.15, 0.2) is 49.3 Å². The van der Waals surface area contributed by atoms with Gasteiger partial charge < -0.3 is 9.64 Å². The second-order valence-electron chi connectivity index (χ2n) is 6.18. The molecule has 0 aromatic heterocycles. The molecule has 1 aromatic rings. The van der Waals surface area contributed by atoms with Gasteiger partial charge in [0.25, 0.3) is 0 Å². The van der Waals surface area contributed by atoms with Crippen molar-refractivity contribution in [1.29, 1.82) is 0 Å². The zero-order valence-electron chi connectivity index (χ0n) is 16.6. The van der Waals surface area contributed by atoms with E-state index in [2.05, 4.69) is 11.9 Å². The van der Waals surface area contributed by atoms with Crippen molar-refractivity contribution in [3.05, 3.63) is 54.9 Å². The first-order valence-corrected chi connectivity index (χ1v) is 9.25. The highest BCUT2D eigenvalue weighted by molar-refractivity contribution is 5.90. The zero-order chi connectivity index (χ0) is 20.1. The highest BCUT2D eigenvalue weighted by Gasteiger charge is 2.24. The summed E-state index contributed by atoms with van der Waals surface area (Å²) in [4.78, 5) is 27.1. The molecule has 148 valence electrons. The van der Waals surface area contributed by atoms with E-state index in [1.807, 2.05) is 67.2 Å². The van der Waals surface area contributed by atoms with Gasteiger partial charge in [0.1, 0.15) is 11.8 Å². The standard InChI is InChI=1S/C21H31N3O3/c1-5-13-24(7-3)15-8-14-23(4)20(21(26)22-17-25)18-9-11-19(12-10-18)27-16-6-2/h5,7,9-13,17,20H,3,6,8,14-16H2,1-2,4H3,(H,22,25,26)/b13-5-. The van der Waals surface area contributed by atoms with E-state index in [9.17, 15) is 9.59 Å². The van der Waals surface area contributed by atoms with Gasteiger partial charge in [0.2, 0.25) is 12.3 Å². The molecular formula is C21H31N3O3. The first-order valence-electron chi connectivity index (χ1n) is 9.25. The van der Waals surface area contributed by atoms with Crippen LogP contribution in [0.3, 0.4) is 0 Å². The summed E-state index contributed by atoms with van der Waals surface area (Å²) in [6, 6.07) is 6.89. The Morgan fingerprint density at radius 1 is 1.30 bits per heavy atom. The van der Waals surface area contributed by atoms with Crippen LogP contribution in [0.2, 0.25) is 0 Å². The molecular weight excluding hydrogens is 342 g/mol. The van der Waals surface area contributed by atoms with Crippen molar-refractivity contribution in [2.45, 2.75) is 32.7 Å². The van der Waals surface area contributed by atoms with Crippen LogP contribution in [0, 0.1) is 0 Å². The van der Waals surface area contributed by atoms with Crippen LogP contribution in [0.1, 0.15) is 38.3 Å². The second-order valence-corrected chi connectivity index (χ2v) is 6.18. The summed E-state index contributed by atoms with van der Waals surface area (Å²) in [6.45, 7) is 9.93. The molecule has 0 aliphatic heterocycles. The number of carbonyl (C=O) groups excluding carboxylic acids is 2. The number of imide groups is 1. The minimum atomic E-state index is -0.547. The Hall–Kier alpha value is -2.60. The highest BCUT2D eigenvalue weighted by atomic mass is 16.5. The number of hydrogen-bond donors (Lipinski definition) is 1. The largest absolute Gasteiger partial charge is 0.494 e. The third-order valence-electron chi connectivity index (χ3n) is 4.06. The molecule has 6 nitrogen and oxygen atoms in total. The quantitative estimate of drug-likeness (QED) is 0.539. The van der Waals surface area contributed by atoms with Crippen LogP contribution in [0.5, 0.6) is 5.75 Å². The van der Waals surface area contributed by atoms with Crippen LogP contribution < -0.4 is 10.1 Å². The van der Waals surface area contributed by atoms with Gasteiger partial charge in [0.15, 0.2) is 0 Å². The van der Waals surface area contributed by atoms with Gasteiger partial charge in [-0.25, -0.2) is 0 Å². The van der Waals surface area contributed by atoms with Crippen LogP contribution in [0.25, 0.3) is 0 Å². The fourth-order valence-corrected chi connectivity index (χ4v) is 2.76. The zero-order valence-corrected chi connectivity index (χ0v) is 16.6. The number of nitrogens with zero attached hydrogens (tertiary/aromatic N) is 2. The van der Waals surface area contributed by atoms with E-state index in [1.165, 1.54) is 0 Å². The Morgan fingerprint density at radius 2 is 2.00 bits per heavy atom. The summed E-state index contributed by atoms with van der Waals surface area (Å²) in [5.74, 6) is 0.425. The number of likely N-dealkylation sites (N-methyl/N-ethyl adjacent to an activating group) is 1. The Kier molecular flexibility index (Phi) is 10.6. The van der Waals surface area contributed by atoms with Gasteiger partial charge in [0, 0.05) is 13.1 Å². The van der Waals surface area contributed by atoms with Crippen molar-refractivity contribution in [2.75, 3.05) is 26.7 Å². The lowest BCUT2D eigenvalue weighted by molar-refractivity contribution is -0.129. The third-order valence-corrected chi connectivity index (χ3v) is 4.06. The summed E-state index contributed by atoms with van der Waals surface area (Å²) in [5.41, 5.74) is 0.815. The lowest BCUT2D eigenvalue weighted by atomic mass is 10.0. The Balaban J connectivity index is 2.82. The van der Waals surface area contributed by atoms with Crippen LogP contribution >= 0.6 is 0 Å². The van der Waals surface area contributed by atoms with E-state index in [1.54, 1.807) is 6.20 Å². The van der Waals surface area contributed by atoms with E-state index >= 15 is 0 Å². The molecule has 1 unspecified atom stereocenters. The third kappa shape index (κ3) is 7.66. The molecule has 0 fully saturated rings. The van der Waals surface area contributed by atoms with Crippen LogP contribution in [0.4, 0.5) is 0 Å². The Labute approximate surface area is 162 Å². The van der Waals surface area contributed by atoms with Crippen molar-refractivity contribution in [2.24, 2.45) is 0 Å². The van der Waals surface area contributed by atoms with Crippen molar-refractivity contribution >= 4 is 12.3 Å². The topological polar surface area (TPSA) is 61.9 Å². The van der Waals surface area contributed by atoms with Crippen molar-refractivity contribution in [3.63, 3.8) is 0 Å². The molecule has 27 heavy (non-hydrogen) atoms. The van der Waals surface area contributed by atoms with Crippen LogP contribution in [-0.4, -0.2) is 48.9 Å². The highest BCUT2D eigenvalue weighted by Crippen LogP contribution is 2.23. The second kappa shape index (κ2) is 12.7. The number of ether oxygens (including phenoxy) is 1. The molecule has 0 saturated carbocycles. The predicted molar refractivity (Wildman–Crippen MR) is 108 cm³/mol. The first-order chi connectivity index (χ1) is 13.1. The Morgan fingerprint density at radius 3 is 2.56 bits per heavy atom. The molecule has 1 rings (SSSR count). The number of carbonyl (C=O) groups is 2. The Bertz CT molecular complexity index is 614. The summed E-state index contributed by atoms with van der Waals surface area (Å²) in [5, 5.41) is 2.27. The normalized spacial score (nSPS) is 12.0. The van der Waals surface area contributed by atoms with Gasteiger partial charge in [0.05, 0.1) is 6.61 Å². The smallest absolute Gasteiger partial charge is 0.248 e. The monoisotopic (exact) mass is 373 g/mol. The van der Waals surface area contributed by atoms with Gasteiger partial charge >= 0.3 is 0 Å². The number of amides is 2. The number of nitrogens with one attached hydrogen (secondary N) is 1. The number of allylic oxidation sites excluding steroid dienone is 1. The minimum absolute atomic E-state index is 0.344. The van der Waals surface area contributed by atoms with E-state index in [0.29, 0.717) is 19.6 Å². The fourth-order valence-electron chi connectivity index (χ4n) is 2.76. The minimum Gasteiger partial charge on any atom is -0.494 e. The molecule has 0 saturated heterocycles. The molecule has 1 atom stereocenters. The molecule has 2 amide bonds. The van der Waals surface area contributed by atoms with Crippen molar-refractivity contribution < 1.29 is 14.3 Å². The van der Waals surface area contributed by atoms with E-state index in [4.69, 9.17) is 4.74 Å². The lowest BCUT2D eigenvalue weighted by Crippen LogP contribution is -2.39. The summed E-state index contributed by atoms with van der Waals surface area (Å²) >= 11 is 0. The lowest BCUT2D eigenvalue weighted by Gasteiger charge is -2.27. The summed E-state index contributed by atoms with van der Waals surface area (Å²) < 4.78 is 5.59. The van der Waals surface area contributed by atoms with Crippen LogP contribution in [-0.2, 0) is 9.59 Å². The summed E-state index contributed by atoms with van der Waals surface area (Å²) in [6.07, 6.45) is 7.88. The first kappa shape index (κ1) is 22.4. The average Bonchev–Trinajstić information content (AvgIpc) is 2.67. The van der Waals surface area contributed by atoms with Gasteiger partial charge in [-0.15, -0.1) is 0 Å². The molecule has 0 bridgehead atoms. The molecule has 1 N–H and O–H groups in total. The molecule has 0 aliphatic rings. The molecule has 6 heteroatoms. The van der Waals surface area contributed by atoms with Gasteiger partial charge in [-0.3, -0.25) is 19.8 Å². The van der Waals surface area contributed by atoms with Gasteiger partial charge in [-0.1, -0.05) is 31.7 Å². The van der Waals surface area contributed by atoms with E-state index in [0.717, 1.165) is 30.7 Å². The number of hydrogen-bond acceptors (Lipinski definition) is 5. The maximum Gasteiger partial charge on any atom is 0.248 e. The number of benzene rings is 1. The summed E-state index contributed by atoms with van der Waals surface area (Å²) in [7, 11) is 1.88. The van der Waals surface area contributed by atoms with Crippen molar-refractivity contribution in [1.82, 2.24) is 15.1 Å². The van der Waals surface area contributed by atoms with Gasteiger partial charge in [-0.05, 0) is 56.9 Å². The molecule has 0 aliphatic carbocycles. The molecule has 0 radical (unpaired) electrons.